The van der Waals surface area contributed by atoms with Crippen molar-refractivity contribution in [1.29, 1.82) is 0 Å². The summed E-state index contributed by atoms with van der Waals surface area (Å²) in [6, 6.07) is 0.336. The second kappa shape index (κ2) is 5.36. The Morgan fingerprint density at radius 3 is 2.59 bits per heavy atom. The van der Waals surface area contributed by atoms with Gasteiger partial charge in [-0.05, 0) is 31.1 Å². The summed E-state index contributed by atoms with van der Waals surface area (Å²) in [6.07, 6.45) is 5.87. The molecule has 2 aliphatic rings. The van der Waals surface area contributed by atoms with Crippen LogP contribution < -0.4 is 11.1 Å². The van der Waals surface area contributed by atoms with Crippen molar-refractivity contribution in [3.05, 3.63) is 0 Å². The molecule has 3 N–H and O–H groups in total. The van der Waals surface area contributed by atoms with E-state index in [1.54, 1.807) is 0 Å². The summed E-state index contributed by atoms with van der Waals surface area (Å²) >= 11 is 0. The molecular formula is C13H25N3O. The van der Waals surface area contributed by atoms with Gasteiger partial charge in [-0.2, -0.15) is 0 Å². The van der Waals surface area contributed by atoms with Gasteiger partial charge in [-0.3, -0.25) is 9.69 Å². The minimum atomic E-state index is 0.175. The molecule has 1 amide bonds. The summed E-state index contributed by atoms with van der Waals surface area (Å²) in [7, 11) is 0. The van der Waals surface area contributed by atoms with Crippen LogP contribution in [0.2, 0.25) is 0 Å². The van der Waals surface area contributed by atoms with Gasteiger partial charge in [-0.15, -0.1) is 0 Å². The molecule has 0 unspecified atom stereocenters. The highest BCUT2D eigenvalue weighted by molar-refractivity contribution is 5.78. The van der Waals surface area contributed by atoms with Gasteiger partial charge in [0.15, 0.2) is 0 Å². The molecule has 1 aliphatic heterocycles. The predicted molar refractivity (Wildman–Crippen MR) is 68.6 cm³/mol. The highest BCUT2D eigenvalue weighted by atomic mass is 16.2. The molecule has 1 saturated carbocycles. The van der Waals surface area contributed by atoms with Gasteiger partial charge in [0.05, 0.1) is 6.54 Å². The maximum atomic E-state index is 11.8. The largest absolute Gasteiger partial charge is 0.354 e. The van der Waals surface area contributed by atoms with Gasteiger partial charge in [-0.25, -0.2) is 0 Å². The number of nitrogens with zero attached hydrogens (tertiary/aromatic N) is 1. The Hall–Kier alpha value is -0.610. The van der Waals surface area contributed by atoms with E-state index >= 15 is 0 Å². The van der Waals surface area contributed by atoms with E-state index in [1.807, 2.05) is 0 Å². The summed E-state index contributed by atoms with van der Waals surface area (Å²) in [4.78, 5) is 14.0. The second-order valence-electron chi connectivity index (χ2n) is 6.05. The molecule has 17 heavy (non-hydrogen) atoms. The zero-order chi connectivity index (χ0) is 12.3. The highest BCUT2D eigenvalue weighted by Crippen LogP contribution is 2.39. The monoisotopic (exact) mass is 239 g/mol. The number of likely N-dealkylation sites (tertiary alicyclic amines) is 1. The fourth-order valence-electron chi connectivity index (χ4n) is 2.64. The van der Waals surface area contributed by atoms with Crippen molar-refractivity contribution in [2.45, 2.75) is 45.1 Å². The fraction of sp³-hybridized carbons (Fsp3) is 0.923. The molecule has 0 bridgehead atoms. The lowest BCUT2D eigenvalue weighted by atomic mass is 9.70. The van der Waals surface area contributed by atoms with E-state index in [4.69, 9.17) is 5.73 Å². The van der Waals surface area contributed by atoms with Gasteiger partial charge < -0.3 is 11.1 Å². The first-order valence-electron chi connectivity index (χ1n) is 6.82. The summed E-state index contributed by atoms with van der Waals surface area (Å²) in [5.74, 6) is 0.175. The van der Waals surface area contributed by atoms with Gasteiger partial charge >= 0.3 is 0 Å². The minimum Gasteiger partial charge on any atom is -0.354 e. The molecule has 0 radical (unpaired) electrons. The van der Waals surface area contributed by atoms with Crippen molar-refractivity contribution >= 4 is 5.91 Å². The van der Waals surface area contributed by atoms with Crippen LogP contribution in [-0.4, -0.2) is 43.0 Å². The number of hydrogen-bond acceptors (Lipinski definition) is 3. The molecule has 98 valence electrons. The fourth-order valence-corrected chi connectivity index (χ4v) is 2.64. The normalized spacial score (nSPS) is 25.3. The van der Waals surface area contributed by atoms with E-state index in [0.29, 0.717) is 18.0 Å². The van der Waals surface area contributed by atoms with Gasteiger partial charge in [0.2, 0.25) is 5.91 Å². The topological polar surface area (TPSA) is 58.4 Å². The number of nitrogens with two attached hydrogens (primary N) is 1. The third-order valence-electron chi connectivity index (χ3n) is 4.27. The van der Waals surface area contributed by atoms with E-state index in [0.717, 1.165) is 32.5 Å². The predicted octanol–water partition coefficient (Wildman–Crippen LogP) is 0.716. The van der Waals surface area contributed by atoms with Crippen molar-refractivity contribution in [3.63, 3.8) is 0 Å². The smallest absolute Gasteiger partial charge is 0.234 e. The summed E-state index contributed by atoms with van der Waals surface area (Å²) < 4.78 is 0. The maximum absolute atomic E-state index is 11.8. The first-order valence-corrected chi connectivity index (χ1v) is 6.82. The van der Waals surface area contributed by atoms with Crippen molar-refractivity contribution in [2.75, 3.05) is 26.2 Å². The SMILES string of the molecule is CC1(CNC(=O)CN2CCC(N)CC2)CCC1. The zero-order valence-corrected chi connectivity index (χ0v) is 10.9. The van der Waals surface area contributed by atoms with Crippen molar-refractivity contribution < 1.29 is 4.79 Å². The van der Waals surface area contributed by atoms with Crippen molar-refractivity contribution in [1.82, 2.24) is 10.2 Å². The molecule has 0 aromatic carbocycles. The molecule has 2 rings (SSSR count). The number of carbonyl (C=O) groups excluding carboxylic acids is 1. The number of piperidine rings is 1. The van der Waals surface area contributed by atoms with Crippen molar-refractivity contribution in [2.24, 2.45) is 11.1 Å². The summed E-state index contributed by atoms with van der Waals surface area (Å²) in [6.45, 7) is 5.58. The van der Waals surface area contributed by atoms with E-state index in [1.165, 1.54) is 19.3 Å². The van der Waals surface area contributed by atoms with E-state index < -0.39 is 0 Å². The van der Waals surface area contributed by atoms with Crippen LogP contribution in [0.1, 0.15) is 39.0 Å². The Bertz CT molecular complexity index is 268. The quantitative estimate of drug-likeness (QED) is 0.760. The Balaban J connectivity index is 1.63. The first-order chi connectivity index (χ1) is 8.07. The van der Waals surface area contributed by atoms with Gasteiger partial charge in [0, 0.05) is 25.7 Å². The summed E-state index contributed by atoms with van der Waals surface area (Å²) in [5, 5.41) is 3.07. The molecule has 2 fully saturated rings. The molecule has 1 saturated heterocycles. The number of carbonyl (C=O) groups is 1. The van der Waals surface area contributed by atoms with Crippen LogP contribution in [0.3, 0.4) is 0 Å². The lowest BCUT2D eigenvalue weighted by Gasteiger charge is -2.38. The molecule has 1 aliphatic carbocycles. The highest BCUT2D eigenvalue weighted by Gasteiger charge is 2.32. The Morgan fingerprint density at radius 1 is 1.41 bits per heavy atom. The Kier molecular flexibility index (Phi) is 4.05. The van der Waals surface area contributed by atoms with Crippen LogP contribution in [0.15, 0.2) is 0 Å². The van der Waals surface area contributed by atoms with Crippen LogP contribution >= 0.6 is 0 Å². The Labute approximate surface area is 104 Å². The molecule has 0 aromatic rings. The van der Waals surface area contributed by atoms with Crippen LogP contribution in [0.4, 0.5) is 0 Å². The molecular weight excluding hydrogens is 214 g/mol. The van der Waals surface area contributed by atoms with E-state index in [2.05, 4.69) is 17.1 Å². The molecule has 0 atom stereocenters. The van der Waals surface area contributed by atoms with Gasteiger partial charge in [-0.1, -0.05) is 13.3 Å². The molecule has 4 heteroatoms. The Morgan fingerprint density at radius 2 is 2.06 bits per heavy atom. The number of nitrogens with one attached hydrogen (secondary N) is 1. The third kappa shape index (κ3) is 3.68. The zero-order valence-electron chi connectivity index (χ0n) is 10.9. The molecule has 0 aromatic heterocycles. The number of hydrogen-bond donors (Lipinski definition) is 2. The first kappa shape index (κ1) is 12.8. The average molecular weight is 239 g/mol. The number of rotatable bonds is 4. The lowest BCUT2D eigenvalue weighted by Crippen LogP contribution is -2.47. The summed E-state index contributed by atoms with van der Waals surface area (Å²) in [5.41, 5.74) is 6.22. The van der Waals surface area contributed by atoms with Crippen LogP contribution in [0, 0.1) is 5.41 Å². The minimum absolute atomic E-state index is 0.175. The molecule has 0 spiro atoms. The van der Waals surface area contributed by atoms with Crippen LogP contribution in [0.25, 0.3) is 0 Å². The molecule has 1 heterocycles. The second-order valence-corrected chi connectivity index (χ2v) is 6.05. The third-order valence-corrected chi connectivity index (χ3v) is 4.27. The number of amides is 1. The van der Waals surface area contributed by atoms with Crippen molar-refractivity contribution in [3.8, 4) is 0 Å². The van der Waals surface area contributed by atoms with Gasteiger partial charge in [0.25, 0.3) is 0 Å². The maximum Gasteiger partial charge on any atom is 0.234 e. The standard InChI is InChI=1S/C13H25N3O/c1-13(5-2-6-13)10-15-12(17)9-16-7-3-11(14)4-8-16/h11H,2-10,14H2,1H3,(H,15,17). The lowest BCUT2D eigenvalue weighted by molar-refractivity contribution is -0.123. The average Bonchev–Trinajstić information content (AvgIpc) is 2.27. The molecule has 4 nitrogen and oxygen atoms in total. The van der Waals surface area contributed by atoms with Crippen LogP contribution in [0.5, 0.6) is 0 Å². The van der Waals surface area contributed by atoms with E-state index in [9.17, 15) is 4.79 Å². The van der Waals surface area contributed by atoms with E-state index in [-0.39, 0.29) is 5.91 Å². The van der Waals surface area contributed by atoms with Crippen LogP contribution in [-0.2, 0) is 4.79 Å². The van der Waals surface area contributed by atoms with Gasteiger partial charge in [0.1, 0.15) is 0 Å².